The minimum absolute atomic E-state index is 0.0171. The highest BCUT2D eigenvalue weighted by Gasteiger charge is 2.31. The van der Waals surface area contributed by atoms with Crippen LogP contribution in [0.15, 0.2) is 36.8 Å². The molecule has 124 valence electrons. The van der Waals surface area contributed by atoms with Crippen LogP contribution >= 0.6 is 0 Å². The third-order valence-electron chi connectivity index (χ3n) is 4.81. The van der Waals surface area contributed by atoms with Crippen LogP contribution in [0.5, 0.6) is 0 Å². The second-order valence-electron chi connectivity index (χ2n) is 6.31. The summed E-state index contributed by atoms with van der Waals surface area (Å²) in [6, 6.07) is 6.71. The van der Waals surface area contributed by atoms with Crippen molar-refractivity contribution in [1.82, 2.24) is 19.4 Å². The van der Waals surface area contributed by atoms with E-state index >= 15 is 0 Å². The van der Waals surface area contributed by atoms with Crippen LogP contribution in [0.4, 0.5) is 4.39 Å². The van der Waals surface area contributed by atoms with Crippen LogP contribution in [0.1, 0.15) is 41.4 Å². The number of aryl methyl sites for hydroxylation is 1. The number of rotatable bonds is 2. The van der Waals surface area contributed by atoms with Gasteiger partial charge in [0.15, 0.2) is 0 Å². The number of aromatic nitrogens is 3. The fourth-order valence-corrected chi connectivity index (χ4v) is 3.64. The van der Waals surface area contributed by atoms with Crippen molar-refractivity contribution in [2.75, 3.05) is 6.54 Å². The quantitative estimate of drug-likeness (QED) is 0.784. The van der Waals surface area contributed by atoms with E-state index in [-0.39, 0.29) is 11.9 Å². The van der Waals surface area contributed by atoms with Crippen LogP contribution in [0.3, 0.4) is 0 Å². The standard InChI is InChI=1S/C18H19FN4O/c1-22-7-4-6-15(22)16-5-2-3-8-23(16)18(24)13-9-12(19)10-14-17(13)21-11-20-14/h4,6-7,9-11,16H,2-3,5,8H2,1H3,(H,20,21). The van der Waals surface area contributed by atoms with Gasteiger partial charge in [-0.25, -0.2) is 9.37 Å². The normalized spacial score (nSPS) is 18.2. The Balaban J connectivity index is 1.76. The number of piperidine rings is 1. The largest absolute Gasteiger partial charge is 0.353 e. The molecule has 0 saturated carbocycles. The Labute approximate surface area is 139 Å². The molecule has 0 bridgehead atoms. The summed E-state index contributed by atoms with van der Waals surface area (Å²) in [5.41, 5.74) is 2.51. The molecule has 1 saturated heterocycles. The highest BCUT2D eigenvalue weighted by atomic mass is 19.1. The summed E-state index contributed by atoms with van der Waals surface area (Å²) >= 11 is 0. The van der Waals surface area contributed by atoms with E-state index in [0.717, 1.165) is 25.0 Å². The number of benzene rings is 1. The predicted molar refractivity (Wildman–Crippen MR) is 89.1 cm³/mol. The summed E-state index contributed by atoms with van der Waals surface area (Å²) in [7, 11) is 1.99. The van der Waals surface area contributed by atoms with E-state index in [1.54, 1.807) is 0 Å². The summed E-state index contributed by atoms with van der Waals surface area (Å²) in [6.07, 6.45) is 6.45. The predicted octanol–water partition coefficient (Wildman–Crippen LogP) is 3.41. The number of nitrogens with zero attached hydrogens (tertiary/aromatic N) is 3. The molecule has 2 aromatic heterocycles. The fraction of sp³-hybridized carbons (Fsp3) is 0.333. The number of fused-ring (bicyclic) bond motifs is 1. The van der Waals surface area contributed by atoms with Gasteiger partial charge in [-0.05, 0) is 43.5 Å². The highest BCUT2D eigenvalue weighted by molar-refractivity contribution is 6.05. The van der Waals surface area contributed by atoms with Gasteiger partial charge in [0.05, 0.1) is 23.4 Å². The average molecular weight is 326 g/mol. The first-order chi connectivity index (χ1) is 11.6. The molecular weight excluding hydrogens is 307 g/mol. The first-order valence-corrected chi connectivity index (χ1v) is 8.20. The lowest BCUT2D eigenvalue weighted by molar-refractivity contribution is 0.0604. The molecule has 4 rings (SSSR count). The van der Waals surface area contributed by atoms with Gasteiger partial charge in [-0.3, -0.25) is 4.79 Å². The number of aromatic amines is 1. The van der Waals surface area contributed by atoms with Crippen LogP contribution < -0.4 is 0 Å². The minimum atomic E-state index is -0.428. The smallest absolute Gasteiger partial charge is 0.256 e. The van der Waals surface area contributed by atoms with E-state index < -0.39 is 5.82 Å². The van der Waals surface area contributed by atoms with E-state index in [9.17, 15) is 9.18 Å². The number of hydrogen-bond donors (Lipinski definition) is 1. The summed E-state index contributed by atoms with van der Waals surface area (Å²) in [5.74, 6) is -0.583. The van der Waals surface area contributed by atoms with Gasteiger partial charge < -0.3 is 14.5 Å². The van der Waals surface area contributed by atoms with Crippen molar-refractivity contribution in [3.8, 4) is 0 Å². The van der Waals surface area contributed by atoms with E-state index in [0.29, 0.717) is 23.1 Å². The van der Waals surface area contributed by atoms with Gasteiger partial charge in [0.2, 0.25) is 0 Å². The summed E-state index contributed by atoms with van der Waals surface area (Å²) in [6.45, 7) is 0.678. The lowest BCUT2D eigenvalue weighted by atomic mass is 9.97. The molecule has 1 aromatic carbocycles. The molecule has 1 aliphatic heterocycles. The summed E-state index contributed by atoms with van der Waals surface area (Å²) < 4.78 is 16.0. The number of amides is 1. The number of H-pyrrole nitrogens is 1. The van der Waals surface area contributed by atoms with Gasteiger partial charge in [-0.2, -0.15) is 0 Å². The molecule has 0 spiro atoms. The van der Waals surface area contributed by atoms with Gasteiger partial charge >= 0.3 is 0 Å². The number of imidazole rings is 1. The molecule has 1 amide bonds. The Bertz CT molecular complexity index is 897. The highest BCUT2D eigenvalue weighted by Crippen LogP contribution is 2.33. The van der Waals surface area contributed by atoms with Crippen LogP contribution in [0, 0.1) is 5.82 Å². The maximum atomic E-state index is 13.9. The minimum Gasteiger partial charge on any atom is -0.353 e. The van der Waals surface area contributed by atoms with Gasteiger partial charge in [-0.1, -0.05) is 0 Å². The van der Waals surface area contributed by atoms with E-state index in [4.69, 9.17) is 0 Å². The second-order valence-corrected chi connectivity index (χ2v) is 6.31. The second kappa shape index (κ2) is 5.78. The topological polar surface area (TPSA) is 53.9 Å². The first-order valence-electron chi connectivity index (χ1n) is 8.20. The molecule has 0 aliphatic carbocycles. The molecule has 3 heterocycles. The Morgan fingerprint density at radius 1 is 1.38 bits per heavy atom. The Hall–Kier alpha value is -2.63. The zero-order chi connectivity index (χ0) is 16.7. The van der Waals surface area contributed by atoms with Crippen LogP contribution in [0.2, 0.25) is 0 Å². The molecule has 1 unspecified atom stereocenters. The molecule has 24 heavy (non-hydrogen) atoms. The van der Waals surface area contributed by atoms with Crippen molar-refractivity contribution in [3.63, 3.8) is 0 Å². The molecule has 5 nitrogen and oxygen atoms in total. The average Bonchev–Trinajstić information content (AvgIpc) is 3.22. The molecule has 3 aromatic rings. The van der Waals surface area contributed by atoms with Crippen molar-refractivity contribution in [3.05, 3.63) is 53.9 Å². The molecule has 0 radical (unpaired) electrons. The lowest BCUT2D eigenvalue weighted by Crippen LogP contribution is -2.39. The van der Waals surface area contributed by atoms with Crippen LogP contribution in [0.25, 0.3) is 11.0 Å². The van der Waals surface area contributed by atoms with Crippen molar-refractivity contribution in [2.24, 2.45) is 7.05 Å². The maximum Gasteiger partial charge on any atom is 0.256 e. The van der Waals surface area contributed by atoms with Crippen LogP contribution in [-0.4, -0.2) is 31.9 Å². The van der Waals surface area contributed by atoms with Gasteiger partial charge in [0.1, 0.15) is 11.3 Å². The summed E-state index contributed by atoms with van der Waals surface area (Å²) in [5, 5.41) is 0. The molecule has 1 fully saturated rings. The van der Waals surface area contributed by atoms with E-state index in [2.05, 4.69) is 9.97 Å². The molecule has 1 atom stereocenters. The number of carbonyl (C=O) groups is 1. The number of halogens is 1. The van der Waals surface area contributed by atoms with E-state index in [1.807, 2.05) is 34.8 Å². The monoisotopic (exact) mass is 326 g/mol. The molecule has 1 N–H and O–H groups in total. The van der Waals surface area contributed by atoms with E-state index in [1.165, 1.54) is 18.5 Å². The Morgan fingerprint density at radius 3 is 3.04 bits per heavy atom. The van der Waals surface area contributed by atoms with Gasteiger partial charge in [0, 0.05) is 25.5 Å². The van der Waals surface area contributed by atoms with Crippen molar-refractivity contribution in [1.29, 1.82) is 0 Å². The van der Waals surface area contributed by atoms with Crippen molar-refractivity contribution < 1.29 is 9.18 Å². The molecular formula is C18H19FN4O. The lowest BCUT2D eigenvalue weighted by Gasteiger charge is -2.36. The van der Waals surface area contributed by atoms with Crippen molar-refractivity contribution >= 4 is 16.9 Å². The van der Waals surface area contributed by atoms with Crippen molar-refractivity contribution in [2.45, 2.75) is 25.3 Å². The zero-order valence-electron chi connectivity index (χ0n) is 13.5. The van der Waals surface area contributed by atoms with Gasteiger partial charge in [0.25, 0.3) is 5.91 Å². The Morgan fingerprint density at radius 2 is 2.25 bits per heavy atom. The van der Waals surface area contributed by atoms with Gasteiger partial charge in [-0.15, -0.1) is 0 Å². The third-order valence-corrected chi connectivity index (χ3v) is 4.81. The number of carbonyl (C=O) groups excluding carboxylic acids is 1. The molecule has 1 aliphatic rings. The SMILES string of the molecule is Cn1cccc1C1CCCCN1C(=O)c1cc(F)cc2[nH]cnc12. The summed E-state index contributed by atoms with van der Waals surface area (Å²) in [4.78, 5) is 22.1. The number of nitrogens with one attached hydrogen (secondary N) is 1. The third kappa shape index (κ3) is 2.38. The first kappa shape index (κ1) is 14.9. The Kier molecular flexibility index (Phi) is 3.59. The number of likely N-dealkylation sites (tertiary alicyclic amines) is 1. The maximum absolute atomic E-state index is 13.9. The molecule has 6 heteroatoms. The fourth-order valence-electron chi connectivity index (χ4n) is 3.64. The zero-order valence-corrected chi connectivity index (χ0v) is 13.5. The van der Waals surface area contributed by atoms with Crippen LogP contribution in [-0.2, 0) is 7.05 Å². The number of hydrogen-bond acceptors (Lipinski definition) is 2.